The van der Waals surface area contributed by atoms with E-state index >= 15 is 0 Å². The maximum absolute atomic E-state index is 11.9. The third-order valence-electron chi connectivity index (χ3n) is 4.08. The highest BCUT2D eigenvalue weighted by molar-refractivity contribution is 7.92. The van der Waals surface area contributed by atoms with Gasteiger partial charge in [-0.2, -0.15) is 0 Å². The second-order valence-corrected chi connectivity index (χ2v) is 7.91. The summed E-state index contributed by atoms with van der Waals surface area (Å²) in [6.45, 7) is 2.98. The Balaban J connectivity index is 1.75. The Morgan fingerprint density at radius 2 is 2.10 bits per heavy atom. The number of benzene rings is 1. The Bertz CT molecular complexity index is 608. The molecule has 1 aliphatic carbocycles. The lowest BCUT2D eigenvalue weighted by Gasteiger charge is -2.22. The van der Waals surface area contributed by atoms with Crippen molar-refractivity contribution >= 4 is 15.7 Å². The minimum atomic E-state index is -3.18. The highest BCUT2D eigenvalue weighted by atomic mass is 32.2. The van der Waals surface area contributed by atoms with Crippen LogP contribution in [0.3, 0.4) is 0 Å². The molecule has 0 aromatic heterocycles. The summed E-state index contributed by atoms with van der Waals surface area (Å²) in [6, 6.07) is 6.96. The molecule has 1 atom stereocenters. The number of fused-ring (bicyclic) bond motifs is 1. The largest absolute Gasteiger partial charge is 0.314 e. The molecule has 0 bridgehead atoms. The number of sulfonamides is 1. The molecule has 110 valence electrons. The molecule has 1 aliphatic heterocycles. The molecule has 1 unspecified atom stereocenters. The van der Waals surface area contributed by atoms with E-state index in [2.05, 4.69) is 17.4 Å². The zero-order valence-corrected chi connectivity index (χ0v) is 12.9. The summed E-state index contributed by atoms with van der Waals surface area (Å²) in [6.07, 6.45) is 5.73. The Morgan fingerprint density at radius 3 is 2.75 bits per heavy atom. The number of hydrogen-bond acceptors (Lipinski definition) is 3. The molecule has 0 radical (unpaired) electrons. The summed E-state index contributed by atoms with van der Waals surface area (Å²) in [5.74, 6) is 0. The van der Waals surface area contributed by atoms with Gasteiger partial charge in [-0.15, -0.1) is 0 Å². The van der Waals surface area contributed by atoms with Gasteiger partial charge in [0.15, 0.2) is 0 Å². The first-order chi connectivity index (χ1) is 9.45. The lowest BCUT2D eigenvalue weighted by Crippen LogP contribution is -2.34. The fourth-order valence-electron chi connectivity index (χ4n) is 3.03. The van der Waals surface area contributed by atoms with Gasteiger partial charge in [-0.05, 0) is 56.3 Å². The Morgan fingerprint density at radius 1 is 1.35 bits per heavy atom. The van der Waals surface area contributed by atoms with E-state index in [1.807, 2.05) is 13.0 Å². The van der Waals surface area contributed by atoms with Gasteiger partial charge < -0.3 is 5.32 Å². The molecule has 4 nitrogen and oxygen atoms in total. The molecule has 0 amide bonds. The SMILES string of the molecule is CC1Cc2cc(CCNC3CC3)ccc2N1S(C)(=O)=O. The van der Waals surface area contributed by atoms with Crippen LogP contribution in [0, 0.1) is 0 Å². The molecule has 1 heterocycles. The first-order valence-electron chi connectivity index (χ1n) is 7.30. The molecule has 5 heteroatoms. The van der Waals surface area contributed by atoms with Crippen LogP contribution in [-0.4, -0.2) is 33.3 Å². The van der Waals surface area contributed by atoms with Gasteiger partial charge in [0.1, 0.15) is 0 Å². The van der Waals surface area contributed by atoms with Crippen LogP contribution in [0.2, 0.25) is 0 Å². The summed E-state index contributed by atoms with van der Waals surface area (Å²) >= 11 is 0. The van der Waals surface area contributed by atoms with Crippen LogP contribution in [0.25, 0.3) is 0 Å². The monoisotopic (exact) mass is 294 g/mol. The van der Waals surface area contributed by atoms with Crippen molar-refractivity contribution in [1.82, 2.24) is 5.32 Å². The smallest absolute Gasteiger partial charge is 0.232 e. The third kappa shape index (κ3) is 2.83. The van der Waals surface area contributed by atoms with E-state index in [4.69, 9.17) is 0 Å². The van der Waals surface area contributed by atoms with Gasteiger partial charge in [-0.25, -0.2) is 8.42 Å². The van der Waals surface area contributed by atoms with E-state index < -0.39 is 10.0 Å². The second-order valence-electron chi connectivity index (χ2n) is 6.05. The van der Waals surface area contributed by atoms with Crippen molar-refractivity contribution in [3.05, 3.63) is 29.3 Å². The van der Waals surface area contributed by atoms with Gasteiger partial charge >= 0.3 is 0 Å². The lowest BCUT2D eigenvalue weighted by molar-refractivity contribution is 0.590. The quantitative estimate of drug-likeness (QED) is 0.899. The highest BCUT2D eigenvalue weighted by Gasteiger charge is 2.32. The van der Waals surface area contributed by atoms with Gasteiger partial charge in [-0.1, -0.05) is 12.1 Å². The van der Waals surface area contributed by atoms with Crippen molar-refractivity contribution in [3.8, 4) is 0 Å². The maximum Gasteiger partial charge on any atom is 0.232 e. The van der Waals surface area contributed by atoms with Gasteiger partial charge in [0.25, 0.3) is 0 Å². The van der Waals surface area contributed by atoms with Crippen molar-refractivity contribution in [1.29, 1.82) is 0 Å². The van der Waals surface area contributed by atoms with Crippen molar-refractivity contribution in [2.24, 2.45) is 0 Å². The number of anilines is 1. The topological polar surface area (TPSA) is 49.4 Å². The molecule has 0 spiro atoms. The average Bonchev–Trinajstić information content (AvgIpc) is 3.08. The standard InChI is InChI=1S/C15H22N2O2S/c1-11-9-13-10-12(7-8-16-14-4-5-14)3-6-15(13)17(11)20(2,18)19/h3,6,10-11,14,16H,4-5,7-9H2,1-2H3. The first-order valence-corrected chi connectivity index (χ1v) is 9.14. The predicted octanol–water partition coefficient (Wildman–Crippen LogP) is 1.69. The van der Waals surface area contributed by atoms with Crippen LogP contribution in [0.1, 0.15) is 30.9 Å². The van der Waals surface area contributed by atoms with E-state index in [0.29, 0.717) is 0 Å². The first kappa shape index (κ1) is 13.9. The number of rotatable bonds is 5. The molecule has 1 N–H and O–H groups in total. The van der Waals surface area contributed by atoms with Crippen LogP contribution >= 0.6 is 0 Å². The van der Waals surface area contributed by atoms with E-state index in [9.17, 15) is 8.42 Å². The van der Waals surface area contributed by atoms with Crippen LogP contribution in [-0.2, 0) is 22.9 Å². The zero-order valence-electron chi connectivity index (χ0n) is 12.1. The van der Waals surface area contributed by atoms with Crippen molar-refractivity contribution in [2.45, 2.75) is 44.7 Å². The van der Waals surface area contributed by atoms with Gasteiger partial charge in [-0.3, -0.25) is 4.31 Å². The van der Waals surface area contributed by atoms with Gasteiger partial charge in [0.2, 0.25) is 10.0 Å². The minimum absolute atomic E-state index is 0.0276. The number of nitrogens with zero attached hydrogens (tertiary/aromatic N) is 1. The summed E-state index contributed by atoms with van der Waals surface area (Å²) in [5.41, 5.74) is 3.31. The molecular weight excluding hydrogens is 272 g/mol. The highest BCUT2D eigenvalue weighted by Crippen LogP contribution is 2.34. The van der Waals surface area contributed by atoms with Crippen molar-refractivity contribution in [2.75, 3.05) is 17.1 Å². The Labute approximate surface area is 121 Å². The molecular formula is C15H22N2O2S. The van der Waals surface area contributed by atoms with Crippen molar-refractivity contribution in [3.63, 3.8) is 0 Å². The Kier molecular flexibility index (Phi) is 3.50. The second kappa shape index (κ2) is 5.04. The van der Waals surface area contributed by atoms with Gasteiger partial charge in [0, 0.05) is 12.1 Å². The molecule has 1 saturated carbocycles. The molecule has 1 aromatic rings. The molecule has 0 saturated heterocycles. The van der Waals surface area contributed by atoms with Crippen LogP contribution in [0.4, 0.5) is 5.69 Å². The molecule has 2 aliphatic rings. The van der Waals surface area contributed by atoms with E-state index in [1.165, 1.54) is 24.7 Å². The molecule has 20 heavy (non-hydrogen) atoms. The van der Waals surface area contributed by atoms with Crippen LogP contribution in [0.5, 0.6) is 0 Å². The zero-order chi connectivity index (χ0) is 14.3. The van der Waals surface area contributed by atoms with E-state index in [1.54, 1.807) is 4.31 Å². The van der Waals surface area contributed by atoms with Crippen molar-refractivity contribution < 1.29 is 8.42 Å². The molecule has 1 aromatic carbocycles. The lowest BCUT2D eigenvalue weighted by atomic mass is 10.0. The van der Waals surface area contributed by atoms with E-state index in [-0.39, 0.29) is 6.04 Å². The molecule has 3 rings (SSSR count). The van der Waals surface area contributed by atoms with Crippen LogP contribution in [0.15, 0.2) is 18.2 Å². The molecule has 1 fully saturated rings. The maximum atomic E-state index is 11.9. The van der Waals surface area contributed by atoms with E-state index in [0.717, 1.165) is 36.7 Å². The Hall–Kier alpha value is -1.07. The average molecular weight is 294 g/mol. The third-order valence-corrected chi connectivity index (χ3v) is 5.35. The van der Waals surface area contributed by atoms with Crippen LogP contribution < -0.4 is 9.62 Å². The predicted molar refractivity (Wildman–Crippen MR) is 81.7 cm³/mol. The summed E-state index contributed by atoms with van der Waals surface area (Å²) in [7, 11) is -3.18. The minimum Gasteiger partial charge on any atom is -0.314 e. The fourth-order valence-corrected chi connectivity index (χ4v) is 4.29. The summed E-state index contributed by atoms with van der Waals surface area (Å²) in [5, 5.41) is 3.51. The number of hydrogen-bond donors (Lipinski definition) is 1. The normalized spacial score (nSPS) is 22.1. The van der Waals surface area contributed by atoms with Gasteiger partial charge in [0.05, 0.1) is 11.9 Å². The summed E-state index contributed by atoms with van der Waals surface area (Å²) in [4.78, 5) is 0. The summed E-state index contributed by atoms with van der Waals surface area (Å²) < 4.78 is 25.3. The number of nitrogens with one attached hydrogen (secondary N) is 1. The fraction of sp³-hybridized carbons (Fsp3) is 0.600.